The van der Waals surface area contributed by atoms with Gasteiger partial charge in [0.15, 0.2) is 0 Å². The molecular weight excluding hydrogens is 463 g/mol. The number of nitrogens with one attached hydrogen (secondary N) is 1. The van der Waals surface area contributed by atoms with Gasteiger partial charge in [-0.1, -0.05) is 13.0 Å². The highest BCUT2D eigenvalue weighted by Crippen LogP contribution is 2.35. The van der Waals surface area contributed by atoms with E-state index in [0.29, 0.717) is 28.1 Å². The monoisotopic (exact) mass is 490 g/mol. The molecule has 3 aromatic heterocycles. The Kier molecular flexibility index (Phi) is 6.44. The maximum absolute atomic E-state index is 13.5. The average molecular weight is 491 g/mol. The molecule has 0 bridgehead atoms. The van der Waals surface area contributed by atoms with E-state index in [-0.39, 0.29) is 17.8 Å². The average Bonchev–Trinajstić information content (AvgIpc) is 3.47. The van der Waals surface area contributed by atoms with Gasteiger partial charge >= 0.3 is 0 Å². The summed E-state index contributed by atoms with van der Waals surface area (Å²) in [7, 11) is 0. The Balaban J connectivity index is 1.35. The molecule has 7 nitrogen and oxygen atoms in total. The van der Waals surface area contributed by atoms with Crippen molar-refractivity contribution in [3.05, 3.63) is 71.4 Å². The number of carbonyl (C=O) groups excluding carboxylic acids is 1. The Bertz CT molecular complexity index is 1320. The van der Waals surface area contributed by atoms with Crippen LogP contribution in [-0.2, 0) is 0 Å². The minimum Gasteiger partial charge on any atom is -0.326 e. The molecule has 4 aromatic rings. The second-order valence-corrected chi connectivity index (χ2v) is 9.83. The number of amides is 1. The quantitative estimate of drug-likeness (QED) is 0.372. The van der Waals surface area contributed by atoms with Gasteiger partial charge in [-0.2, -0.15) is 0 Å². The lowest BCUT2D eigenvalue weighted by Gasteiger charge is -2.38. The third kappa shape index (κ3) is 4.74. The van der Waals surface area contributed by atoms with E-state index in [1.165, 1.54) is 29.0 Å². The maximum atomic E-state index is 13.5. The van der Waals surface area contributed by atoms with Gasteiger partial charge in [0, 0.05) is 42.2 Å². The van der Waals surface area contributed by atoms with Crippen LogP contribution in [0.25, 0.3) is 22.0 Å². The summed E-state index contributed by atoms with van der Waals surface area (Å²) in [5, 5.41) is 5.26. The second kappa shape index (κ2) is 9.67. The van der Waals surface area contributed by atoms with E-state index in [1.807, 2.05) is 22.9 Å². The van der Waals surface area contributed by atoms with Gasteiger partial charge in [0.2, 0.25) is 0 Å². The number of benzene rings is 1. The van der Waals surface area contributed by atoms with Crippen molar-refractivity contribution in [1.82, 2.24) is 24.4 Å². The third-order valence-electron chi connectivity index (χ3n) is 6.31. The fourth-order valence-corrected chi connectivity index (χ4v) is 5.06. The molecule has 1 amide bonds. The molecule has 180 valence electrons. The summed E-state index contributed by atoms with van der Waals surface area (Å²) < 4.78 is 15.5. The molecule has 1 fully saturated rings. The van der Waals surface area contributed by atoms with Crippen molar-refractivity contribution in [3.63, 3.8) is 0 Å². The van der Waals surface area contributed by atoms with Crippen LogP contribution < -0.4 is 5.32 Å². The van der Waals surface area contributed by atoms with Crippen molar-refractivity contribution < 1.29 is 9.18 Å². The van der Waals surface area contributed by atoms with Gasteiger partial charge in [-0.15, -0.1) is 11.3 Å². The molecule has 1 N–H and O–H groups in total. The smallest absolute Gasteiger partial charge is 0.276 e. The Morgan fingerprint density at radius 1 is 1.17 bits per heavy atom. The van der Waals surface area contributed by atoms with E-state index >= 15 is 0 Å². The molecule has 0 spiro atoms. The molecule has 1 aromatic carbocycles. The lowest BCUT2D eigenvalue weighted by Crippen LogP contribution is -2.44. The number of rotatable bonds is 7. The molecule has 0 aliphatic carbocycles. The highest BCUT2D eigenvalue weighted by Gasteiger charge is 2.27. The van der Waals surface area contributed by atoms with Gasteiger partial charge in [-0.25, -0.2) is 19.3 Å². The standard InChI is InChI=1S/C26H27FN6OS/c1-4-32-12-19(13-32)18-7-10-22(28-11-18)31-25(34)21-14-35-26(30-21)24-23(29-15-33(24)16(2)3)17-5-8-20(27)9-6-17/h5-11,14-16,19H,4,12-13H2,1-3H3,(H,28,31,34). The number of aromatic nitrogens is 4. The lowest BCUT2D eigenvalue weighted by molar-refractivity contribution is 0.102. The molecular formula is C26H27FN6OS. The fraction of sp³-hybridized carbons (Fsp3) is 0.308. The van der Waals surface area contributed by atoms with Gasteiger partial charge in [-0.3, -0.25) is 4.79 Å². The van der Waals surface area contributed by atoms with Crippen LogP contribution in [0.5, 0.6) is 0 Å². The van der Waals surface area contributed by atoms with Crippen molar-refractivity contribution >= 4 is 23.1 Å². The maximum Gasteiger partial charge on any atom is 0.276 e. The summed E-state index contributed by atoms with van der Waals surface area (Å²) in [6, 6.07) is 10.2. The van der Waals surface area contributed by atoms with Crippen molar-refractivity contribution in [2.24, 2.45) is 0 Å². The first-order chi connectivity index (χ1) is 16.9. The zero-order valence-electron chi connectivity index (χ0n) is 19.9. The van der Waals surface area contributed by atoms with Crippen LogP contribution in [-0.4, -0.2) is 50.0 Å². The van der Waals surface area contributed by atoms with Crippen LogP contribution in [0.1, 0.15) is 48.8 Å². The van der Waals surface area contributed by atoms with E-state index in [4.69, 9.17) is 0 Å². The van der Waals surface area contributed by atoms with E-state index in [9.17, 15) is 9.18 Å². The zero-order valence-corrected chi connectivity index (χ0v) is 20.7. The highest BCUT2D eigenvalue weighted by atomic mass is 32.1. The Hall–Kier alpha value is -3.43. The number of likely N-dealkylation sites (N-methyl/N-ethyl adjacent to an activating group) is 1. The topological polar surface area (TPSA) is 75.9 Å². The zero-order chi connectivity index (χ0) is 24.5. The van der Waals surface area contributed by atoms with Crippen LogP contribution in [0, 0.1) is 5.82 Å². The number of halogens is 1. The van der Waals surface area contributed by atoms with Gasteiger partial charge in [0.05, 0.1) is 12.0 Å². The molecule has 0 atom stereocenters. The van der Waals surface area contributed by atoms with Crippen molar-refractivity contribution in [2.45, 2.75) is 32.7 Å². The van der Waals surface area contributed by atoms with E-state index < -0.39 is 0 Å². The number of anilines is 1. The van der Waals surface area contributed by atoms with Crippen LogP contribution in [0.3, 0.4) is 0 Å². The summed E-state index contributed by atoms with van der Waals surface area (Å²) in [5.41, 5.74) is 3.81. The number of hydrogen-bond acceptors (Lipinski definition) is 6. The Morgan fingerprint density at radius 3 is 2.60 bits per heavy atom. The van der Waals surface area contributed by atoms with Crippen molar-refractivity contribution in [2.75, 3.05) is 25.0 Å². The summed E-state index contributed by atoms with van der Waals surface area (Å²) in [5.74, 6) is 0.394. The molecule has 1 aliphatic rings. The third-order valence-corrected chi connectivity index (χ3v) is 7.16. The second-order valence-electron chi connectivity index (χ2n) is 8.97. The molecule has 0 saturated carbocycles. The number of hydrogen-bond donors (Lipinski definition) is 1. The fourth-order valence-electron chi connectivity index (χ4n) is 4.21. The lowest BCUT2D eigenvalue weighted by atomic mass is 9.93. The van der Waals surface area contributed by atoms with Gasteiger partial charge in [0.25, 0.3) is 5.91 Å². The Morgan fingerprint density at radius 2 is 1.94 bits per heavy atom. The predicted octanol–water partition coefficient (Wildman–Crippen LogP) is 5.46. The van der Waals surface area contributed by atoms with Crippen molar-refractivity contribution in [3.8, 4) is 22.0 Å². The minimum absolute atomic E-state index is 0.135. The first-order valence-electron chi connectivity index (χ1n) is 11.7. The summed E-state index contributed by atoms with van der Waals surface area (Å²) in [6.45, 7) is 9.45. The first-order valence-corrected chi connectivity index (χ1v) is 12.6. The van der Waals surface area contributed by atoms with Gasteiger partial charge in [-0.05, 0) is 56.3 Å². The first kappa shape index (κ1) is 23.3. The van der Waals surface area contributed by atoms with Crippen LogP contribution in [0.15, 0.2) is 54.3 Å². The molecule has 0 unspecified atom stereocenters. The molecule has 35 heavy (non-hydrogen) atoms. The van der Waals surface area contributed by atoms with Gasteiger partial charge < -0.3 is 14.8 Å². The number of imidazole rings is 1. The summed E-state index contributed by atoms with van der Waals surface area (Å²) >= 11 is 1.38. The number of pyridine rings is 1. The molecule has 0 radical (unpaired) electrons. The van der Waals surface area contributed by atoms with Gasteiger partial charge in [0.1, 0.15) is 28.0 Å². The molecule has 9 heteroatoms. The number of likely N-dealkylation sites (tertiary alicyclic amines) is 1. The number of carbonyl (C=O) groups is 1. The van der Waals surface area contributed by atoms with E-state index in [1.54, 1.807) is 23.8 Å². The normalized spacial score (nSPS) is 14.3. The largest absolute Gasteiger partial charge is 0.326 e. The van der Waals surface area contributed by atoms with Crippen LogP contribution >= 0.6 is 11.3 Å². The SMILES string of the molecule is CCN1CC(c2ccc(NC(=O)c3csc(-c4c(-c5ccc(F)cc5)ncn4C(C)C)n3)nc2)C1. The number of nitrogens with zero attached hydrogens (tertiary/aromatic N) is 5. The minimum atomic E-state index is -0.313. The summed E-state index contributed by atoms with van der Waals surface area (Å²) in [6.07, 6.45) is 3.60. The van der Waals surface area contributed by atoms with Crippen LogP contribution in [0.2, 0.25) is 0 Å². The van der Waals surface area contributed by atoms with E-state index in [0.717, 1.165) is 30.9 Å². The van der Waals surface area contributed by atoms with Crippen LogP contribution in [0.4, 0.5) is 10.2 Å². The molecule has 4 heterocycles. The highest BCUT2D eigenvalue weighted by molar-refractivity contribution is 7.13. The Labute approximate surface area is 207 Å². The molecule has 5 rings (SSSR count). The van der Waals surface area contributed by atoms with Crippen molar-refractivity contribution in [1.29, 1.82) is 0 Å². The molecule has 1 aliphatic heterocycles. The summed E-state index contributed by atoms with van der Waals surface area (Å²) in [4.78, 5) is 28.9. The van der Waals surface area contributed by atoms with E-state index in [2.05, 4.69) is 45.9 Å². The molecule has 1 saturated heterocycles. The number of thiazole rings is 1. The predicted molar refractivity (Wildman–Crippen MR) is 136 cm³/mol.